The molecule has 0 fully saturated rings. The lowest BCUT2D eigenvalue weighted by Crippen LogP contribution is -2.39. The first-order valence-corrected chi connectivity index (χ1v) is 11.1. The predicted octanol–water partition coefficient (Wildman–Crippen LogP) is 4.07. The summed E-state index contributed by atoms with van der Waals surface area (Å²) in [6.07, 6.45) is 7.03. The van der Waals surface area contributed by atoms with E-state index >= 15 is 0 Å². The highest BCUT2D eigenvalue weighted by atomic mass is 31.1. The van der Waals surface area contributed by atoms with Crippen LogP contribution in [0.3, 0.4) is 0 Å². The molecule has 2 atom stereocenters. The van der Waals surface area contributed by atoms with Gasteiger partial charge in [-0.25, -0.2) is 0 Å². The highest BCUT2D eigenvalue weighted by Gasteiger charge is 2.31. The molecule has 27 heavy (non-hydrogen) atoms. The van der Waals surface area contributed by atoms with E-state index in [-0.39, 0.29) is 0 Å². The Balaban J connectivity index is 1.88. The number of allylic oxidation sites excluding steroid dienone is 2. The van der Waals surface area contributed by atoms with Gasteiger partial charge in [-0.2, -0.15) is 0 Å². The summed E-state index contributed by atoms with van der Waals surface area (Å²) in [7, 11) is 6.03. The number of nitrogens with zero attached hydrogens (tertiary/aromatic N) is 2. The standard InChI is InChI=1S/C24H31N2P/c1-20(26(4)19-18-25(2)3)23-16-11-17-24(23)27(21-12-7-5-8-13-21)22-14-9-6-10-15-22/h5-17,20,23H,18-19H2,1-4H3/t20-,23-/m0/s1. The smallest absolute Gasteiger partial charge is 0.0185 e. The summed E-state index contributed by atoms with van der Waals surface area (Å²) in [5.41, 5.74) is 0. The van der Waals surface area contributed by atoms with E-state index in [1.807, 2.05) is 0 Å². The van der Waals surface area contributed by atoms with Crippen molar-refractivity contribution in [1.82, 2.24) is 9.80 Å². The van der Waals surface area contributed by atoms with Gasteiger partial charge in [0, 0.05) is 25.0 Å². The zero-order chi connectivity index (χ0) is 19.2. The van der Waals surface area contributed by atoms with Gasteiger partial charge < -0.3 is 9.80 Å². The van der Waals surface area contributed by atoms with Crippen molar-refractivity contribution in [2.75, 3.05) is 34.2 Å². The normalized spacial score (nSPS) is 17.7. The number of hydrogen-bond donors (Lipinski definition) is 0. The zero-order valence-corrected chi connectivity index (χ0v) is 17.8. The Morgan fingerprint density at radius 3 is 1.93 bits per heavy atom. The maximum Gasteiger partial charge on any atom is 0.0185 e. The molecule has 0 amide bonds. The average Bonchev–Trinajstić information content (AvgIpc) is 3.16. The molecule has 0 heterocycles. The van der Waals surface area contributed by atoms with Gasteiger partial charge in [0.05, 0.1) is 0 Å². The fourth-order valence-electron chi connectivity index (χ4n) is 3.55. The van der Waals surface area contributed by atoms with Crippen LogP contribution in [0.5, 0.6) is 0 Å². The lowest BCUT2D eigenvalue weighted by Gasteiger charge is -2.34. The van der Waals surface area contributed by atoms with E-state index in [1.54, 1.807) is 5.31 Å². The second-order valence-electron chi connectivity index (χ2n) is 7.53. The van der Waals surface area contributed by atoms with Crippen molar-refractivity contribution < 1.29 is 0 Å². The SMILES string of the molecule is C[C@@H]([C@@H]1C=CC=C1P(c1ccccc1)c1ccccc1)N(C)CCN(C)C. The average molecular weight is 379 g/mol. The lowest BCUT2D eigenvalue weighted by molar-refractivity contribution is 0.209. The minimum absolute atomic E-state index is 0.462. The fourth-order valence-corrected chi connectivity index (χ4v) is 6.22. The summed E-state index contributed by atoms with van der Waals surface area (Å²) in [5, 5.41) is 4.43. The molecule has 0 bridgehead atoms. The molecule has 0 saturated heterocycles. The van der Waals surface area contributed by atoms with Gasteiger partial charge >= 0.3 is 0 Å². The van der Waals surface area contributed by atoms with Crippen LogP contribution in [0.4, 0.5) is 0 Å². The number of hydrogen-bond acceptors (Lipinski definition) is 2. The Bertz CT molecular complexity index is 728. The lowest BCUT2D eigenvalue weighted by atomic mass is 10.0. The van der Waals surface area contributed by atoms with Crippen molar-refractivity contribution in [2.45, 2.75) is 13.0 Å². The first-order chi connectivity index (χ1) is 13.1. The van der Waals surface area contributed by atoms with Gasteiger partial charge in [0.25, 0.3) is 0 Å². The van der Waals surface area contributed by atoms with Crippen molar-refractivity contribution in [3.63, 3.8) is 0 Å². The third-order valence-electron chi connectivity index (χ3n) is 5.33. The molecule has 0 spiro atoms. The van der Waals surface area contributed by atoms with E-state index in [9.17, 15) is 0 Å². The Kier molecular flexibility index (Phi) is 7.01. The number of rotatable bonds is 8. The van der Waals surface area contributed by atoms with Gasteiger partial charge in [0.15, 0.2) is 0 Å². The summed E-state index contributed by atoms with van der Waals surface area (Å²) in [4.78, 5) is 4.75. The Morgan fingerprint density at radius 1 is 0.852 bits per heavy atom. The summed E-state index contributed by atoms with van der Waals surface area (Å²) in [5.74, 6) is 0.462. The Morgan fingerprint density at radius 2 is 1.41 bits per heavy atom. The van der Waals surface area contributed by atoms with Crippen LogP contribution >= 0.6 is 7.92 Å². The van der Waals surface area contributed by atoms with Gasteiger partial charge in [-0.05, 0) is 51.9 Å². The molecule has 3 rings (SSSR count). The molecular formula is C24H31N2P. The van der Waals surface area contributed by atoms with Crippen molar-refractivity contribution in [1.29, 1.82) is 0 Å². The molecule has 142 valence electrons. The molecule has 1 aliphatic carbocycles. The molecule has 2 aromatic carbocycles. The maximum atomic E-state index is 2.50. The molecule has 1 aliphatic rings. The molecular weight excluding hydrogens is 347 g/mol. The summed E-state index contributed by atoms with van der Waals surface area (Å²) >= 11 is 0. The van der Waals surface area contributed by atoms with Gasteiger partial charge in [-0.1, -0.05) is 78.9 Å². The highest BCUT2D eigenvalue weighted by Crippen LogP contribution is 2.50. The summed E-state index contributed by atoms with van der Waals surface area (Å²) < 4.78 is 0. The molecule has 0 saturated carbocycles. The van der Waals surface area contributed by atoms with Crippen LogP contribution in [-0.4, -0.2) is 50.1 Å². The van der Waals surface area contributed by atoms with Crippen molar-refractivity contribution in [3.05, 3.63) is 84.2 Å². The van der Waals surface area contributed by atoms with Crippen molar-refractivity contribution >= 4 is 18.5 Å². The minimum Gasteiger partial charge on any atom is -0.308 e. The van der Waals surface area contributed by atoms with Crippen molar-refractivity contribution in [2.24, 2.45) is 5.92 Å². The molecule has 0 aliphatic heterocycles. The van der Waals surface area contributed by atoms with Crippen molar-refractivity contribution in [3.8, 4) is 0 Å². The fraction of sp³-hybridized carbons (Fsp3) is 0.333. The Labute approximate surface area is 166 Å². The van der Waals surface area contributed by atoms with Gasteiger partial charge in [-0.3, -0.25) is 0 Å². The van der Waals surface area contributed by atoms with Crippen LogP contribution < -0.4 is 10.6 Å². The van der Waals surface area contributed by atoms with E-state index in [0.717, 1.165) is 13.1 Å². The monoisotopic (exact) mass is 378 g/mol. The third kappa shape index (κ3) is 4.96. The van der Waals surface area contributed by atoms with E-state index in [0.29, 0.717) is 12.0 Å². The molecule has 3 heteroatoms. The van der Waals surface area contributed by atoms with Crippen LogP contribution in [0.2, 0.25) is 0 Å². The Hall–Kier alpha value is -1.73. The second kappa shape index (κ2) is 9.46. The number of benzene rings is 2. The summed E-state index contributed by atoms with van der Waals surface area (Å²) in [6.45, 7) is 4.54. The van der Waals surface area contributed by atoms with Gasteiger partial charge in [-0.15, -0.1) is 0 Å². The maximum absolute atomic E-state index is 2.50. The minimum atomic E-state index is -0.509. The zero-order valence-electron chi connectivity index (χ0n) is 16.9. The molecule has 2 nitrogen and oxygen atoms in total. The van der Waals surface area contributed by atoms with Crippen LogP contribution in [0.25, 0.3) is 0 Å². The van der Waals surface area contributed by atoms with Crippen LogP contribution in [0, 0.1) is 5.92 Å². The molecule has 0 radical (unpaired) electrons. The predicted molar refractivity (Wildman–Crippen MR) is 120 cm³/mol. The third-order valence-corrected chi connectivity index (χ3v) is 7.92. The topological polar surface area (TPSA) is 6.48 Å². The van der Waals surface area contributed by atoms with E-state index in [1.165, 1.54) is 10.6 Å². The second-order valence-corrected chi connectivity index (χ2v) is 9.75. The van der Waals surface area contributed by atoms with Gasteiger partial charge in [0.1, 0.15) is 0 Å². The van der Waals surface area contributed by atoms with E-state index < -0.39 is 7.92 Å². The summed E-state index contributed by atoms with van der Waals surface area (Å²) in [6, 6.07) is 22.5. The first-order valence-electron chi connectivity index (χ1n) is 9.71. The molecule has 0 aromatic heterocycles. The molecule has 0 N–H and O–H groups in total. The molecule has 0 unspecified atom stereocenters. The van der Waals surface area contributed by atoms with E-state index in [2.05, 4.69) is 117 Å². The largest absolute Gasteiger partial charge is 0.308 e. The quantitative estimate of drug-likeness (QED) is 0.639. The molecule has 2 aromatic rings. The van der Waals surface area contributed by atoms with Crippen LogP contribution in [-0.2, 0) is 0 Å². The van der Waals surface area contributed by atoms with Crippen LogP contribution in [0.15, 0.2) is 84.2 Å². The van der Waals surface area contributed by atoms with E-state index in [4.69, 9.17) is 0 Å². The number of likely N-dealkylation sites (N-methyl/N-ethyl adjacent to an activating group) is 2. The first kappa shape index (κ1) is 20.0. The highest BCUT2D eigenvalue weighted by molar-refractivity contribution is 7.76. The van der Waals surface area contributed by atoms with Gasteiger partial charge in [0.2, 0.25) is 0 Å². The van der Waals surface area contributed by atoms with Crippen LogP contribution in [0.1, 0.15) is 6.92 Å².